The van der Waals surface area contributed by atoms with Gasteiger partial charge in [-0.2, -0.15) is 0 Å². The molecule has 0 saturated carbocycles. The van der Waals surface area contributed by atoms with Crippen LogP contribution >= 0.6 is 0 Å². The lowest BCUT2D eigenvalue weighted by atomic mass is 9.98. The number of guanidine groups is 1. The van der Waals surface area contributed by atoms with Crippen molar-refractivity contribution in [3.63, 3.8) is 0 Å². The molecule has 6 nitrogen and oxygen atoms in total. The highest BCUT2D eigenvalue weighted by molar-refractivity contribution is 5.79. The zero-order valence-corrected chi connectivity index (χ0v) is 17.3. The highest BCUT2D eigenvalue weighted by atomic mass is 16.5. The monoisotopic (exact) mass is 363 g/mol. The average molecular weight is 364 g/mol. The number of nitrogens with one attached hydrogen (secondary N) is 2. The van der Waals surface area contributed by atoms with Gasteiger partial charge in [0.2, 0.25) is 0 Å². The van der Waals surface area contributed by atoms with Crippen LogP contribution in [0.15, 0.2) is 9.52 Å². The number of hydrogen-bond donors (Lipinski definition) is 2. The molecule has 0 aromatic carbocycles. The minimum Gasteiger partial charge on any atom is -0.361 e. The summed E-state index contributed by atoms with van der Waals surface area (Å²) in [5, 5.41) is 11.0. The van der Waals surface area contributed by atoms with Gasteiger partial charge in [-0.3, -0.25) is 4.90 Å². The van der Waals surface area contributed by atoms with Crippen LogP contribution in [0.2, 0.25) is 0 Å². The molecular formula is C20H37N5O. The smallest absolute Gasteiger partial charge is 0.191 e. The second-order valence-electron chi connectivity index (χ2n) is 7.38. The van der Waals surface area contributed by atoms with Gasteiger partial charge in [-0.05, 0) is 52.1 Å². The van der Waals surface area contributed by atoms with Gasteiger partial charge in [0.25, 0.3) is 0 Å². The zero-order valence-electron chi connectivity index (χ0n) is 17.3. The van der Waals surface area contributed by atoms with Crippen LogP contribution in [0.3, 0.4) is 0 Å². The molecule has 0 spiro atoms. The summed E-state index contributed by atoms with van der Waals surface area (Å²) < 4.78 is 5.45. The van der Waals surface area contributed by atoms with Crippen molar-refractivity contribution < 1.29 is 4.52 Å². The number of aromatic nitrogens is 1. The third-order valence-electron chi connectivity index (χ3n) is 5.35. The van der Waals surface area contributed by atoms with Gasteiger partial charge in [0.05, 0.1) is 12.2 Å². The van der Waals surface area contributed by atoms with Gasteiger partial charge in [-0.25, -0.2) is 4.99 Å². The second-order valence-corrected chi connectivity index (χ2v) is 7.38. The van der Waals surface area contributed by atoms with Crippen molar-refractivity contribution >= 4 is 5.96 Å². The van der Waals surface area contributed by atoms with Crippen LogP contribution in [0.5, 0.6) is 0 Å². The Balaban J connectivity index is 1.93. The fraction of sp³-hybridized carbons (Fsp3) is 0.800. The molecule has 2 N–H and O–H groups in total. The normalized spacial score (nSPS) is 18.1. The van der Waals surface area contributed by atoms with Crippen LogP contribution in [0, 0.1) is 5.92 Å². The summed E-state index contributed by atoms with van der Waals surface area (Å²) in [6.45, 7) is 15.7. The number of rotatable bonds is 8. The van der Waals surface area contributed by atoms with Gasteiger partial charge in [-0.15, -0.1) is 0 Å². The maximum Gasteiger partial charge on any atom is 0.191 e. The molecule has 1 unspecified atom stereocenters. The Morgan fingerprint density at radius 2 is 1.96 bits per heavy atom. The molecule has 26 heavy (non-hydrogen) atoms. The lowest BCUT2D eigenvalue weighted by Gasteiger charge is -2.35. The third kappa shape index (κ3) is 5.73. The van der Waals surface area contributed by atoms with Gasteiger partial charge >= 0.3 is 0 Å². The van der Waals surface area contributed by atoms with E-state index in [2.05, 4.69) is 55.3 Å². The van der Waals surface area contributed by atoms with E-state index in [1.807, 2.05) is 0 Å². The minimum atomic E-state index is 0.513. The summed E-state index contributed by atoms with van der Waals surface area (Å²) in [6, 6.07) is 0.513. The third-order valence-corrected chi connectivity index (χ3v) is 5.35. The molecule has 148 valence electrons. The highest BCUT2D eigenvalue weighted by Crippen LogP contribution is 2.18. The predicted octanol–water partition coefficient (Wildman–Crippen LogP) is 2.97. The Morgan fingerprint density at radius 1 is 1.23 bits per heavy atom. The maximum atomic E-state index is 5.45. The van der Waals surface area contributed by atoms with E-state index in [1.165, 1.54) is 25.9 Å². The molecule has 0 bridgehead atoms. The Labute approximate surface area is 158 Å². The van der Waals surface area contributed by atoms with Crippen LogP contribution < -0.4 is 10.6 Å². The lowest BCUT2D eigenvalue weighted by Crippen LogP contribution is -2.48. The standard InChI is InChI=1S/C20H37N5O/c1-6-18-17(19(7-2)26-24-18)14-23-20(21-8-3)22-13-16(5)25-11-9-15(4)10-12-25/h15-16H,6-14H2,1-5H3,(H2,21,22,23). The molecule has 2 rings (SSSR count). The van der Waals surface area contributed by atoms with E-state index in [9.17, 15) is 0 Å². The highest BCUT2D eigenvalue weighted by Gasteiger charge is 2.20. The van der Waals surface area contributed by atoms with Gasteiger partial charge in [-0.1, -0.05) is 25.9 Å². The molecule has 1 fully saturated rings. The summed E-state index contributed by atoms with van der Waals surface area (Å²) in [5.74, 6) is 2.70. The Bertz CT molecular complexity index is 539. The predicted molar refractivity (Wildman–Crippen MR) is 108 cm³/mol. The Hall–Kier alpha value is -1.56. The van der Waals surface area contributed by atoms with Crippen LogP contribution in [0.25, 0.3) is 0 Å². The van der Waals surface area contributed by atoms with Gasteiger partial charge < -0.3 is 15.2 Å². The first kappa shape index (κ1) is 20.7. The molecule has 0 aliphatic carbocycles. The lowest BCUT2D eigenvalue weighted by molar-refractivity contribution is 0.147. The molecule has 1 aliphatic heterocycles. The molecule has 1 aromatic rings. The van der Waals surface area contributed by atoms with Crippen molar-refractivity contribution in [3.05, 3.63) is 17.0 Å². The SMILES string of the molecule is CCNC(=NCc1c(CC)noc1CC)NCC(C)N1CCC(C)CC1. The van der Waals surface area contributed by atoms with Gasteiger partial charge in [0.15, 0.2) is 5.96 Å². The molecule has 2 heterocycles. The van der Waals surface area contributed by atoms with E-state index >= 15 is 0 Å². The molecule has 1 saturated heterocycles. The Morgan fingerprint density at radius 3 is 2.58 bits per heavy atom. The van der Waals surface area contributed by atoms with Crippen molar-refractivity contribution in [2.24, 2.45) is 10.9 Å². The van der Waals surface area contributed by atoms with E-state index < -0.39 is 0 Å². The molecule has 6 heteroatoms. The van der Waals surface area contributed by atoms with Crippen molar-refractivity contribution in [2.45, 2.75) is 72.9 Å². The summed E-state index contributed by atoms with van der Waals surface area (Å²) in [7, 11) is 0. The van der Waals surface area contributed by atoms with Gasteiger partial charge in [0.1, 0.15) is 5.76 Å². The summed E-state index contributed by atoms with van der Waals surface area (Å²) >= 11 is 0. The van der Waals surface area contributed by atoms with Crippen molar-refractivity contribution in [1.29, 1.82) is 0 Å². The number of nitrogens with zero attached hydrogens (tertiary/aromatic N) is 3. The summed E-state index contributed by atoms with van der Waals surface area (Å²) in [4.78, 5) is 7.36. The second kappa shape index (κ2) is 10.6. The van der Waals surface area contributed by atoms with E-state index in [4.69, 9.17) is 9.52 Å². The van der Waals surface area contributed by atoms with E-state index in [0.29, 0.717) is 12.6 Å². The zero-order chi connectivity index (χ0) is 18.9. The maximum absolute atomic E-state index is 5.45. The van der Waals surface area contributed by atoms with Gasteiger partial charge in [0, 0.05) is 31.1 Å². The average Bonchev–Trinajstić information content (AvgIpc) is 3.06. The Kier molecular flexibility index (Phi) is 8.42. The molecule has 1 atom stereocenters. The number of likely N-dealkylation sites (tertiary alicyclic amines) is 1. The topological polar surface area (TPSA) is 65.7 Å². The fourth-order valence-electron chi connectivity index (χ4n) is 3.46. The quantitative estimate of drug-likeness (QED) is 0.549. The molecule has 1 aliphatic rings. The summed E-state index contributed by atoms with van der Waals surface area (Å²) in [5.41, 5.74) is 2.17. The van der Waals surface area contributed by atoms with Crippen LogP contribution in [-0.4, -0.2) is 48.2 Å². The number of aryl methyl sites for hydroxylation is 2. The number of aliphatic imine (C=N–C) groups is 1. The van der Waals surface area contributed by atoms with Crippen LogP contribution in [0.4, 0.5) is 0 Å². The van der Waals surface area contributed by atoms with Crippen molar-refractivity contribution in [2.75, 3.05) is 26.2 Å². The van der Waals surface area contributed by atoms with E-state index in [1.54, 1.807) is 0 Å². The minimum absolute atomic E-state index is 0.513. The van der Waals surface area contributed by atoms with Crippen molar-refractivity contribution in [1.82, 2.24) is 20.7 Å². The first-order valence-electron chi connectivity index (χ1n) is 10.3. The van der Waals surface area contributed by atoms with Crippen molar-refractivity contribution in [3.8, 4) is 0 Å². The first-order chi connectivity index (χ1) is 12.6. The number of hydrogen-bond acceptors (Lipinski definition) is 4. The van der Waals surface area contributed by atoms with E-state index in [-0.39, 0.29) is 0 Å². The molecular weight excluding hydrogens is 326 g/mol. The fourth-order valence-corrected chi connectivity index (χ4v) is 3.46. The van der Waals surface area contributed by atoms with Crippen LogP contribution in [0.1, 0.15) is 64.5 Å². The summed E-state index contributed by atoms with van der Waals surface area (Å²) in [6.07, 6.45) is 4.35. The van der Waals surface area contributed by atoms with E-state index in [0.717, 1.165) is 54.8 Å². The number of piperidine rings is 1. The molecule has 1 aromatic heterocycles. The first-order valence-corrected chi connectivity index (χ1v) is 10.3. The molecule has 0 radical (unpaired) electrons. The van der Waals surface area contributed by atoms with Crippen LogP contribution in [-0.2, 0) is 19.4 Å². The largest absolute Gasteiger partial charge is 0.361 e. The molecule has 0 amide bonds.